The molecule has 0 radical (unpaired) electrons. The number of halogens is 1. The number of hydrogen-bond acceptors (Lipinski definition) is 6. The number of carbonyl (C=O) groups is 1. The molecule has 1 atom stereocenters. The Morgan fingerprint density at radius 3 is 2.69 bits per heavy atom. The summed E-state index contributed by atoms with van der Waals surface area (Å²) in [5.41, 5.74) is 3.11. The number of methoxy groups -OCH3 is 2. The van der Waals surface area contributed by atoms with Crippen LogP contribution in [0.25, 0.3) is 10.4 Å². The fourth-order valence-corrected chi connectivity index (χ4v) is 4.39. The number of aliphatic hydroxyl groups is 1. The molecule has 1 aliphatic carbocycles. The lowest BCUT2D eigenvalue weighted by Gasteiger charge is -2.25. The van der Waals surface area contributed by atoms with E-state index in [9.17, 15) is 14.3 Å². The minimum atomic E-state index is -0.909. The monoisotopic (exact) mass is 456 g/mol. The van der Waals surface area contributed by atoms with Gasteiger partial charge in [0, 0.05) is 6.54 Å². The second-order valence-corrected chi connectivity index (χ2v) is 8.68. The van der Waals surface area contributed by atoms with Crippen molar-refractivity contribution in [1.82, 2.24) is 9.88 Å². The van der Waals surface area contributed by atoms with Crippen molar-refractivity contribution in [2.75, 3.05) is 27.3 Å². The first-order chi connectivity index (χ1) is 15.5. The van der Waals surface area contributed by atoms with Crippen molar-refractivity contribution in [3.63, 3.8) is 0 Å². The molecule has 6 nitrogen and oxygen atoms in total. The molecule has 1 saturated carbocycles. The first kappa shape index (κ1) is 22.2. The summed E-state index contributed by atoms with van der Waals surface area (Å²) in [5, 5.41) is 10.9. The van der Waals surface area contributed by atoms with Crippen LogP contribution < -0.4 is 9.47 Å². The number of ether oxygens (including phenoxy) is 2. The molecule has 8 heteroatoms. The Bertz CT molecular complexity index is 1100. The molecule has 1 N–H and O–H groups in total. The number of aromatic nitrogens is 1. The Morgan fingerprint density at radius 2 is 2.00 bits per heavy atom. The average Bonchev–Trinajstić information content (AvgIpc) is 3.49. The van der Waals surface area contributed by atoms with Gasteiger partial charge in [-0.05, 0) is 54.2 Å². The summed E-state index contributed by atoms with van der Waals surface area (Å²) >= 11 is 1.30. The Balaban J connectivity index is 1.58. The molecule has 2 aromatic carbocycles. The third kappa shape index (κ3) is 4.92. The van der Waals surface area contributed by atoms with Gasteiger partial charge >= 0.3 is 0 Å². The Hall–Kier alpha value is -2.97. The zero-order valence-corrected chi connectivity index (χ0v) is 18.8. The zero-order chi connectivity index (χ0) is 22.7. The van der Waals surface area contributed by atoms with Crippen LogP contribution >= 0.6 is 11.3 Å². The number of nitrogens with zero attached hydrogens (tertiary/aromatic N) is 2. The normalized spacial score (nSPS) is 14.1. The second-order valence-electron chi connectivity index (χ2n) is 7.82. The molecule has 1 fully saturated rings. The van der Waals surface area contributed by atoms with E-state index in [0.29, 0.717) is 40.0 Å². The second kappa shape index (κ2) is 9.67. The molecule has 0 aliphatic heterocycles. The van der Waals surface area contributed by atoms with Crippen molar-refractivity contribution < 1.29 is 23.8 Å². The van der Waals surface area contributed by atoms with Crippen LogP contribution in [0.15, 0.2) is 48.0 Å². The van der Waals surface area contributed by atoms with E-state index >= 15 is 0 Å². The van der Waals surface area contributed by atoms with Crippen molar-refractivity contribution in [2.45, 2.75) is 18.9 Å². The highest BCUT2D eigenvalue weighted by Gasteiger charge is 2.31. The van der Waals surface area contributed by atoms with Crippen LogP contribution in [-0.2, 0) is 0 Å². The fourth-order valence-electron chi connectivity index (χ4n) is 3.61. The Labute approximate surface area is 190 Å². The van der Waals surface area contributed by atoms with Gasteiger partial charge in [0.05, 0.1) is 37.3 Å². The van der Waals surface area contributed by atoms with E-state index in [4.69, 9.17) is 9.47 Å². The van der Waals surface area contributed by atoms with E-state index in [-0.39, 0.29) is 24.0 Å². The summed E-state index contributed by atoms with van der Waals surface area (Å²) < 4.78 is 24.3. The van der Waals surface area contributed by atoms with Crippen LogP contribution in [0, 0.1) is 11.7 Å². The molecule has 1 amide bonds. The average molecular weight is 457 g/mol. The van der Waals surface area contributed by atoms with E-state index in [2.05, 4.69) is 4.98 Å². The molecular weight excluding hydrogens is 431 g/mol. The summed E-state index contributed by atoms with van der Waals surface area (Å²) in [6, 6.07) is 11.3. The molecule has 0 saturated heterocycles. The molecule has 1 aliphatic rings. The highest BCUT2D eigenvalue weighted by Crippen LogP contribution is 2.34. The van der Waals surface area contributed by atoms with Gasteiger partial charge in [-0.2, -0.15) is 0 Å². The van der Waals surface area contributed by atoms with Crippen molar-refractivity contribution in [2.24, 2.45) is 5.92 Å². The highest BCUT2D eigenvalue weighted by molar-refractivity contribution is 7.13. The first-order valence-corrected chi connectivity index (χ1v) is 11.3. The van der Waals surface area contributed by atoms with Gasteiger partial charge in [-0.3, -0.25) is 4.79 Å². The van der Waals surface area contributed by atoms with Crippen molar-refractivity contribution in [1.29, 1.82) is 0 Å². The lowest BCUT2D eigenvalue weighted by molar-refractivity contribution is 0.0606. The van der Waals surface area contributed by atoms with Gasteiger partial charge in [-0.15, -0.1) is 11.3 Å². The topological polar surface area (TPSA) is 71.9 Å². The predicted octanol–water partition coefficient (Wildman–Crippen LogP) is 4.55. The van der Waals surface area contributed by atoms with Crippen molar-refractivity contribution in [3.05, 3.63) is 65.0 Å². The van der Waals surface area contributed by atoms with Crippen LogP contribution in [0.4, 0.5) is 4.39 Å². The smallest absolute Gasteiger partial charge is 0.274 e. The van der Waals surface area contributed by atoms with Crippen LogP contribution in [0.5, 0.6) is 11.5 Å². The third-order valence-corrected chi connectivity index (χ3v) is 6.38. The van der Waals surface area contributed by atoms with Gasteiger partial charge < -0.3 is 19.5 Å². The largest absolute Gasteiger partial charge is 0.493 e. The minimum Gasteiger partial charge on any atom is -0.493 e. The number of hydrogen-bond donors (Lipinski definition) is 1. The van der Waals surface area contributed by atoms with E-state index in [1.807, 2.05) is 0 Å². The molecule has 168 valence electrons. The Kier molecular flexibility index (Phi) is 6.72. The Morgan fingerprint density at radius 1 is 1.22 bits per heavy atom. The quantitative estimate of drug-likeness (QED) is 0.511. The summed E-state index contributed by atoms with van der Waals surface area (Å²) in [4.78, 5) is 20.0. The van der Waals surface area contributed by atoms with Crippen LogP contribution in [0.2, 0.25) is 0 Å². The molecule has 0 spiro atoms. The number of rotatable bonds is 9. The van der Waals surface area contributed by atoms with Crippen LogP contribution in [-0.4, -0.2) is 48.2 Å². The number of benzene rings is 2. The summed E-state index contributed by atoms with van der Waals surface area (Å²) in [5.74, 6) is 0.867. The minimum absolute atomic E-state index is 0.116. The maximum atomic E-state index is 13.7. The fraction of sp³-hybridized carbons (Fsp3) is 0.333. The van der Waals surface area contributed by atoms with Gasteiger partial charge in [-0.1, -0.05) is 18.2 Å². The summed E-state index contributed by atoms with van der Waals surface area (Å²) in [6.45, 7) is 0.661. The van der Waals surface area contributed by atoms with Gasteiger partial charge in [0.1, 0.15) is 11.5 Å². The number of amides is 1. The van der Waals surface area contributed by atoms with E-state index in [1.165, 1.54) is 30.6 Å². The molecule has 1 aromatic heterocycles. The van der Waals surface area contributed by atoms with E-state index in [0.717, 1.165) is 12.8 Å². The molecule has 1 unspecified atom stereocenters. The van der Waals surface area contributed by atoms with Gasteiger partial charge in [0.25, 0.3) is 5.91 Å². The maximum absolute atomic E-state index is 13.7. The van der Waals surface area contributed by atoms with Gasteiger partial charge in [0.15, 0.2) is 11.5 Å². The third-order valence-electron chi connectivity index (χ3n) is 5.51. The summed E-state index contributed by atoms with van der Waals surface area (Å²) in [7, 11) is 3.08. The van der Waals surface area contributed by atoms with Crippen LogP contribution in [0.1, 0.15) is 35.0 Å². The lowest BCUT2D eigenvalue weighted by atomic mass is 10.1. The van der Waals surface area contributed by atoms with Crippen molar-refractivity contribution in [3.8, 4) is 21.9 Å². The highest BCUT2D eigenvalue weighted by atomic mass is 32.1. The van der Waals surface area contributed by atoms with Gasteiger partial charge in [0.2, 0.25) is 0 Å². The number of aliphatic hydroxyl groups excluding tert-OH is 1. The van der Waals surface area contributed by atoms with Crippen LogP contribution in [0.3, 0.4) is 0 Å². The van der Waals surface area contributed by atoms with Gasteiger partial charge in [-0.25, -0.2) is 9.37 Å². The molecule has 32 heavy (non-hydrogen) atoms. The SMILES string of the molecule is COc1ccc(C(O)CN(CC2CC2)C(=O)c2ncsc2-c2cccc(F)c2)cc1OC. The van der Waals surface area contributed by atoms with E-state index < -0.39 is 6.10 Å². The van der Waals surface area contributed by atoms with Crippen molar-refractivity contribution >= 4 is 17.2 Å². The standard InChI is InChI=1S/C24H25FN2O4S/c1-30-20-9-8-16(11-21(20)31-2)19(28)13-27(12-15-6-7-15)24(29)22-23(32-14-26-22)17-4-3-5-18(25)10-17/h3-5,8-11,14-15,19,28H,6-7,12-13H2,1-2H3. The first-order valence-electron chi connectivity index (χ1n) is 10.4. The molecule has 4 rings (SSSR count). The molecule has 1 heterocycles. The molecular formula is C24H25FN2O4S. The summed E-state index contributed by atoms with van der Waals surface area (Å²) in [6.07, 6.45) is 1.21. The zero-order valence-electron chi connectivity index (χ0n) is 18.0. The lowest BCUT2D eigenvalue weighted by Crippen LogP contribution is -2.37. The molecule has 0 bridgehead atoms. The number of thiazole rings is 1. The van der Waals surface area contributed by atoms with E-state index in [1.54, 1.807) is 47.9 Å². The maximum Gasteiger partial charge on any atom is 0.274 e. The number of carbonyl (C=O) groups excluding carboxylic acids is 1. The predicted molar refractivity (Wildman–Crippen MR) is 121 cm³/mol. The molecule has 3 aromatic rings.